The number of hydrogen-bond donors (Lipinski definition) is 2. The molecule has 3 heteroatoms. The van der Waals surface area contributed by atoms with E-state index in [1.54, 1.807) is 0 Å². The van der Waals surface area contributed by atoms with Gasteiger partial charge in [-0.15, -0.1) is 6.42 Å². The van der Waals surface area contributed by atoms with E-state index in [0.717, 1.165) is 12.8 Å². The van der Waals surface area contributed by atoms with E-state index < -0.39 is 6.04 Å². The van der Waals surface area contributed by atoms with Gasteiger partial charge in [0, 0.05) is 0 Å². The van der Waals surface area contributed by atoms with Crippen LogP contribution in [0.25, 0.3) is 0 Å². The number of terminal acetylenes is 1. The minimum Gasteiger partial charge on any atom is -0.341 e. The van der Waals surface area contributed by atoms with Crippen molar-refractivity contribution in [1.29, 1.82) is 0 Å². The van der Waals surface area contributed by atoms with Crippen molar-refractivity contribution in [3.8, 4) is 12.3 Å². The summed E-state index contributed by atoms with van der Waals surface area (Å²) in [6.07, 6.45) is 6.86. The van der Waals surface area contributed by atoms with Crippen molar-refractivity contribution in [2.45, 2.75) is 45.7 Å². The Kier molecular flexibility index (Phi) is 5.98. The maximum atomic E-state index is 11.5. The molecule has 0 aromatic rings. The Hall–Kier alpha value is -1.01. The van der Waals surface area contributed by atoms with Crippen LogP contribution in [0.3, 0.4) is 0 Å². The molecule has 0 aliphatic carbocycles. The van der Waals surface area contributed by atoms with Crippen molar-refractivity contribution in [3.63, 3.8) is 0 Å². The van der Waals surface area contributed by atoms with Crippen molar-refractivity contribution in [2.75, 3.05) is 0 Å². The average molecular weight is 196 g/mol. The van der Waals surface area contributed by atoms with E-state index >= 15 is 0 Å². The van der Waals surface area contributed by atoms with Crippen LogP contribution in [-0.4, -0.2) is 18.0 Å². The van der Waals surface area contributed by atoms with Gasteiger partial charge >= 0.3 is 0 Å². The van der Waals surface area contributed by atoms with E-state index in [0.29, 0.717) is 0 Å². The Morgan fingerprint density at radius 3 is 2.43 bits per heavy atom. The van der Waals surface area contributed by atoms with Gasteiger partial charge in [-0.2, -0.15) is 0 Å². The molecule has 0 saturated carbocycles. The van der Waals surface area contributed by atoms with Gasteiger partial charge < -0.3 is 11.1 Å². The molecule has 0 radical (unpaired) electrons. The zero-order chi connectivity index (χ0) is 11.1. The van der Waals surface area contributed by atoms with Crippen LogP contribution in [0.5, 0.6) is 0 Å². The van der Waals surface area contributed by atoms with Gasteiger partial charge in [-0.1, -0.05) is 33.1 Å². The molecule has 0 bridgehead atoms. The first kappa shape index (κ1) is 13.0. The minimum absolute atomic E-state index is 0.149. The summed E-state index contributed by atoms with van der Waals surface area (Å²) in [7, 11) is 0. The molecular formula is C11H20N2O. The van der Waals surface area contributed by atoms with Crippen LogP contribution in [-0.2, 0) is 4.79 Å². The van der Waals surface area contributed by atoms with Gasteiger partial charge in [-0.25, -0.2) is 0 Å². The Morgan fingerprint density at radius 2 is 2.07 bits per heavy atom. The number of hydrogen-bond acceptors (Lipinski definition) is 2. The fraction of sp³-hybridized carbons (Fsp3) is 0.727. The molecule has 0 heterocycles. The SMILES string of the molecule is C#CC(CC)NC(=O)C(N)C(C)CC. The lowest BCUT2D eigenvalue weighted by molar-refractivity contribution is -0.123. The van der Waals surface area contributed by atoms with E-state index in [4.69, 9.17) is 12.2 Å². The number of carbonyl (C=O) groups is 1. The van der Waals surface area contributed by atoms with Gasteiger partial charge in [0.05, 0.1) is 12.1 Å². The Labute approximate surface area is 86.4 Å². The number of carbonyl (C=O) groups excluding carboxylic acids is 1. The molecule has 0 spiro atoms. The quantitative estimate of drug-likeness (QED) is 0.642. The van der Waals surface area contributed by atoms with Crippen LogP contribution in [0.15, 0.2) is 0 Å². The standard InChI is InChI=1S/C11H20N2O/c1-5-8(4)10(12)11(14)13-9(6-2)7-3/h2,8-10H,5,7,12H2,1,3-4H3,(H,13,14). The molecular weight excluding hydrogens is 176 g/mol. The third-order valence-electron chi connectivity index (χ3n) is 2.49. The van der Waals surface area contributed by atoms with Gasteiger partial charge in [0.2, 0.25) is 5.91 Å². The van der Waals surface area contributed by atoms with Crippen LogP contribution in [0, 0.1) is 18.3 Å². The zero-order valence-electron chi connectivity index (χ0n) is 9.21. The second-order valence-corrected chi connectivity index (χ2v) is 3.55. The fourth-order valence-corrected chi connectivity index (χ4v) is 1.04. The molecule has 3 N–H and O–H groups in total. The van der Waals surface area contributed by atoms with Crippen LogP contribution in [0.1, 0.15) is 33.6 Å². The molecule has 3 nitrogen and oxygen atoms in total. The zero-order valence-corrected chi connectivity index (χ0v) is 9.21. The predicted octanol–water partition coefficient (Wildman–Crippen LogP) is 0.888. The smallest absolute Gasteiger partial charge is 0.238 e. The molecule has 0 aliphatic rings. The average Bonchev–Trinajstić information content (AvgIpc) is 2.23. The third kappa shape index (κ3) is 3.80. The van der Waals surface area contributed by atoms with Crippen molar-refractivity contribution >= 4 is 5.91 Å². The molecule has 80 valence electrons. The summed E-state index contributed by atoms with van der Waals surface area (Å²) < 4.78 is 0. The molecule has 0 aromatic heterocycles. The van der Waals surface area contributed by atoms with Gasteiger partial charge in [-0.3, -0.25) is 4.79 Å². The first-order valence-corrected chi connectivity index (χ1v) is 5.08. The number of nitrogens with one attached hydrogen (secondary N) is 1. The monoisotopic (exact) mass is 196 g/mol. The topological polar surface area (TPSA) is 55.1 Å². The van der Waals surface area contributed by atoms with Crippen LogP contribution in [0.4, 0.5) is 0 Å². The highest BCUT2D eigenvalue weighted by Gasteiger charge is 2.20. The van der Waals surface area contributed by atoms with Gasteiger partial charge in [-0.05, 0) is 12.3 Å². The molecule has 3 unspecified atom stereocenters. The number of amides is 1. The fourth-order valence-electron chi connectivity index (χ4n) is 1.04. The molecule has 0 fully saturated rings. The summed E-state index contributed by atoms with van der Waals surface area (Å²) in [5.74, 6) is 2.54. The summed E-state index contributed by atoms with van der Waals surface area (Å²) in [5, 5.41) is 2.73. The van der Waals surface area contributed by atoms with Crippen LogP contribution >= 0.6 is 0 Å². The van der Waals surface area contributed by atoms with Crippen molar-refractivity contribution in [2.24, 2.45) is 11.7 Å². The van der Waals surface area contributed by atoms with E-state index in [1.165, 1.54) is 0 Å². The molecule has 3 atom stereocenters. The molecule has 0 saturated heterocycles. The van der Waals surface area contributed by atoms with E-state index in [1.807, 2.05) is 20.8 Å². The van der Waals surface area contributed by atoms with E-state index in [-0.39, 0.29) is 17.9 Å². The normalized spacial score (nSPS) is 16.5. The van der Waals surface area contributed by atoms with Crippen LogP contribution < -0.4 is 11.1 Å². The molecule has 0 rings (SSSR count). The third-order valence-corrected chi connectivity index (χ3v) is 2.49. The maximum absolute atomic E-state index is 11.5. The lowest BCUT2D eigenvalue weighted by Crippen LogP contribution is -2.47. The highest BCUT2D eigenvalue weighted by Crippen LogP contribution is 2.05. The van der Waals surface area contributed by atoms with E-state index in [9.17, 15) is 4.79 Å². The second-order valence-electron chi connectivity index (χ2n) is 3.55. The summed E-state index contributed by atoms with van der Waals surface area (Å²) in [6, 6.07) is -0.653. The summed E-state index contributed by atoms with van der Waals surface area (Å²) in [5.41, 5.74) is 5.75. The Balaban J connectivity index is 4.14. The molecule has 1 amide bonds. The second kappa shape index (κ2) is 6.44. The van der Waals surface area contributed by atoms with Gasteiger partial charge in [0.1, 0.15) is 0 Å². The first-order chi connectivity index (χ1) is 6.56. The predicted molar refractivity (Wildman–Crippen MR) is 58.5 cm³/mol. The highest BCUT2D eigenvalue weighted by molar-refractivity contribution is 5.82. The summed E-state index contributed by atoms with van der Waals surface area (Å²) in [6.45, 7) is 5.90. The summed E-state index contributed by atoms with van der Waals surface area (Å²) in [4.78, 5) is 11.5. The maximum Gasteiger partial charge on any atom is 0.238 e. The Morgan fingerprint density at radius 1 is 1.50 bits per heavy atom. The van der Waals surface area contributed by atoms with Gasteiger partial charge in [0.25, 0.3) is 0 Å². The van der Waals surface area contributed by atoms with E-state index in [2.05, 4.69) is 11.2 Å². The molecule has 14 heavy (non-hydrogen) atoms. The lowest BCUT2D eigenvalue weighted by Gasteiger charge is -2.19. The van der Waals surface area contributed by atoms with Crippen molar-refractivity contribution in [3.05, 3.63) is 0 Å². The van der Waals surface area contributed by atoms with Crippen LogP contribution in [0.2, 0.25) is 0 Å². The minimum atomic E-state index is -0.456. The number of rotatable bonds is 5. The molecule has 0 aromatic carbocycles. The van der Waals surface area contributed by atoms with Gasteiger partial charge in [0.15, 0.2) is 0 Å². The largest absolute Gasteiger partial charge is 0.341 e. The summed E-state index contributed by atoms with van der Waals surface area (Å²) >= 11 is 0. The number of nitrogens with two attached hydrogens (primary N) is 1. The Bertz CT molecular complexity index is 220. The highest BCUT2D eigenvalue weighted by atomic mass is 16.2. The first-order valence-electron chi connectivity index (χ1n) is 5.08. The van der Waals surface area contributed by atoms with Crippen molar-refractivity contribution < 1.29 is 4.79 Å². The van der Waals surface area contributed by atoms with Crippen molar-refractivity contribution in [1.82, 2.24) is 5.32 Å². The molecule has 0 aliphatic heterocycles. The lowest BCUT2D eigenvalue weighted by atomic mass is 9.99.